The highest BCUT2D eigenvalue weighted by molar-refractivity contribution is 5.79. The lowest BCUT2D eigenvalue weighted by Crippen LogP contribution is -2.37. The average molecular weight is 395 g/mol. The summed E-state index contributed by atoms with van der Waals surface area (Å²) >= 11 is 0. The van der Waals surface area contributed by atoms with Crippen molar-refractivity contribution in [1.29, 1.82) is 5.26 Å². The van der Waals surface area contributed by atoms with Gasteiger partial charge in [0.25, 0.3) is 0 Å². The van der Waals surface area contributed by atoms with E-state index < -0.39 is 0 Å². The third-order valence-electron chi connectivity index (χ3n) is 5.30. The lowest BCUT2D eigenvalue weighted by atomic mass is 9.92. The second kappa shape index (κ2) is 9.73. The van der Waals surface area contributed by atoms with E-state index in [-0.39, 0.29) is 5.92 Å². The second-order valence-electron chi connectivity index (χ2n) is 7.70. The highest BCUT2D eigenvalue weighted by Gasteiger charge is 2.18. The molecule has 3 rings (SSSR count). The van der Waals surface area contributed by atoms with Crippen LogP contribution in [0.1, 0.15) is 43.0 Å². The Morgan fingerprint density at radius 3 is 2.55 bits per heavy atom. The normalized spacial score (nSPS) is 14.7. The van der Waals surface area contributed by atoms with Gasteiger partial charge >= 0.3 is 0 Å². The maximum Gasteiger partial charge on any atom is 0.142 e. The lowest BCUT2D eigenvalue weighted by molar-refractivity contribution is 0.0358. The Balaban J connectivity index is 1.69. The van der Waals surface area contributed by atoms with Crippen LogP contribution in [-0.2, 0) is 4.74 Å². The van der Waals surface area contributed by atoms with Gasteiger partial charge in [0.05, 0.1) is 19.8 Å². The van der Waals surface area contributed by atoms with Crippen LogP contribution in [0.15, 0.2) is 24.3 Å². The summed E-state index contributed by atoms with van der Waals surface area (Å²) in [7, 11) is 0. The molecule has 2 N–H and O–H groups in total. The van der Waals surface area contributed by atoms with Gasteiger partial charge in [-0.3, -0.25) is 4.90 Å². The zero-order valence-electron chi connectivity index (χ0n) is 17.6. The fourth-order valence-electron chi connectivity index (χ4n) is 3.77. The van der Waals surface area contributed by atoms with E-state index in [9.17, 15) is 5.26 Å². The van der Waals surface area contributed by atoms with Crippen LogP contribution >= 0.6 is 0 Å². The van der Waals surface area contributed by atoms with Crippen LogP contribution in [0.5, 0.6) is 5.75 Å². The molecule has 2 heterocycles. The fourth-order valence-corrected chi connectivity index (χ4v) is 3.77. The quantitative estimate of drug-likeness (QED) is 0.720. The van der Waals surface area contributed by atoms with Crippen molar-refractivity contribution >= 4 is 5.82 Å². The minimum atomic E-state index is 0.234. The van der Waals surface area contributed by atoms with E-state index in [1.54, 1.807) is 0 Å². The zero-order chi connectivity index (χ0) is 20.8. The largest absolute Gasteiger partial charge is 0.494 e. The van der Waals surface area contributed by atoms with Crippen LogP contribution in [-0.4, -0.2) is 49.3 Å². The van der Waals surface area contributed by atoms with Crippen LogP contribution in [0.3, 0.4) is 0 Å². The topological polar surface area (TPSA) is 84.4 Å². The summed E-state index contributed by atoms with van der Waals surface area (Å²) in [5.41, 5.74) is 10.3. The maximum atomic E-state index is 9.61. The first kappa shape index (κ1) is 21.1. The Morgan fingerprint density at radius 1 is 1.24 bits per heavy atom. The monoisotopic (exact) mass is 394 g/mol. The zero-order valence-corrected chi connectivity index (χ0v) is 17.6. The molecule has 0 bridgehead atoms. The van der Waals surface area contributed by atoms with E-state index in [0.29, 0.717) is 18.0 Å². The third-order valence-corrected chi connectivity index (χ3v) is 5.30. The number of nitrogens with two attached hydrogens (primary N) is 1. The Labute approximate surface area is 173 Å². The van der Waals surface area contributed by atoms with Crippen molar-refractivity contribution in [2.45, 2.75) is 33.1 Å². The number of pyridine rings is 1. The van der Waals surface area contributed by atoms with E-state index in [2.05, 4.69) is 29.8 Å². The van der Waals surface area contributed by atoms with Crippen molar-refractivity contribution in [2.24, 2.45) is 0 Å². The first-order chi connectivity index (χ1) is 14.0. The number of aromatic nitrogens is 1. The highest BCUT2D eigenvalue weighted by Crippen LogP contribution is 2.34. The van der Waals surface area contributed by atoms with E-state index >= 15 is 0 Å². The molecule has 154 valence electrons. The van der Waals surface area contributed by atoms with Gasteiger partial charge in [0, 0.05) is 30.9 Å². The molecule has 6 nitrogen and oxygen atoms in total. The van der Waals surface area contributed by atoms with Gasteiger partial charge in [0.2, 0.25) is 0 Å². The van der Waals surface area contributed by atoms with Crippen LogP contribution in [0.2, 0.25) is 0 Å². The van der Waals surface area contributed by atoms with Crippen molar-refractivity contribution < 1.29 is 9.47 Å². The first-order valence-corrected chi connectivity index (χ1v) is 10.2. The Kier molecular flexibility index (Phi) is 7.08. The van der Waals surface area contributed by atoms with Gasteiger partial charge < -0.3 is 15.2 Å². The number of benzene rings is 1. The number of ether oxygens (including phenoxy) is 2. The van der Waals surface area contributed by atoms with Gasteiger partial charge in [0.1, 0.15) is 23.2 Å². The number of nitriles is 1. The smallest absolute Gasteiger partial charge is 0.142 e. The third kappa shape index (κ3) is 5.06. The highest BCUT2D eigenvalue weighted by atomic mass is 16.5. The molecule has 1 aromatic carbocycles. The van der Waals surface area contributed by atoms with Crippen molar-refractivity contribution in [2.75, 3.05) is 45.2 Å². The molecule has 29 heavy (non-hydrogen) atoms. The molecule has 1 saturated heterocycles. The molecule has 6 heteroatoms. The number of nitrogens with zero attached hydrogens (tertiary/aromatic N) is 3. The molecule has 0 unspecified atom stereocenters. The summed E-state index contributed by atoms with van der Waals surface area (Å²) in [5, 5.41) is 9.61. The molecule has 1 fully saturated rings. The molecule has 1 aromatic heterocycles. The SMILES string of the molecule is Cc1c(C(C)C)nc(N)c(C#N)c1-c1ccc(OCCCN2CCOCC2)cc1. The van der Waals surface area contributed by atoms with Crippen molar-refractivity contribution in [3.63, 3.8) is 0 Å². The molecule has 0 aliphatic carbocycles. The molecular weight excluding hydrogens is 364 g/mol. The van der Waals surface area contributed by atoms with E-state index in [0.717, 1.165) is 67.4 Å². The van der Waals surface area contributed by atoms with Crippen molar-refractivity contribution in [3.05, 3.63) is 41.1 Å². The van der Waals surface area contributed by atoms with E-state index in [4.69, 9.17) is 15.2 Å². The molecule has 0 spiro atoms. The number of hydrogen-bond acceptors (Lipinski definition) is 6. The molecular formula is C23H30N4O2. The summed E-state index contributed by atoms with van der Waals surface area (Å²) in [4.78, 5) is 6.86. The Bertz CT molecular complexity index is 866. The summed E-state index contributed by atoms with van der Waals surface area (Å²) in [5.74, 6) is 1.36. The summed E-state index contributed by atoms with van der Waals surface area (Å²) < 4.78 is 11.3. The van der Waals surface area contributed by atoms with E-state index in [1.807, 2.05) is 31.2 Å². The minimum absolute atomic E-state index is 0.234. The maximum absolute atomic E-state index is 9.61. The van der Waals surface area contributed by atoms with E-state index in [1.165, 1.54) is 0 Å². The van der Waals surface area contributed by atoms with Gasteiger partial charge in [-0.25, -0.2) is 4.98 Å². The minimum Gasteiger partial charge on any atom is -0.494 e. The predicted octanol–water partition coefficient (Wildman–Crippen LogP) is 3.74. The van der Waals surface area contributed by atoms with Gasteiger partial charge in [0.15, 0.2) is 0 Å². The summed E-state index contributed by atoms with van der Waals surface area (Å²) in [6.07, 6.45) is 0.984. The Hall–Kier alpha value is -2.62. The molecule has 2 aromatic rings. The van der Waals surface area contributed by atoms with Crippen LogP contribution in [0.25, 0.3) is 11.1 Å². The van der Waals surface area contributed by atoms with Gasteiger partial charge in [-0.2, -0.15) is 5.26 Å². The number of morpholine rings is 1. The molecule has 1 aliphatic heterocycles. The van der Waals surface area contributed by atoms with Crippen molar-refractivity contribution in [1.82, 2.24) is 9.88 Å². The standard InChI is InChI=1S/C23H30N4O2/c1-16(2)22-17(3)21(20(15-24)23(25)26-22)18-5-7-19(8-6-18)29-12-4-9-27-10-13-28-14-11-27/h5-8,16H,4,9-14H2,1-3H3,(H2,25,26). The van der Waals surface area contributed by atoms with Gasteiger partial charge in [-0.05, 0) is 42.5 Å². The predicted molar refractivity (Wildman–Crippen MR) is 115 cm³/mol. The average Bonchev–Trinajstić information content (AvgIpc) is 2.73. The lowest BCUT2D eigenvalue weighted by Gasteiger charge is -2.26. The molecule has 0 atom stereocenters. The second-order valence-corrected chi connectivity index (χ2v) is 7.70. The number of hydrogen-bond donors (Lipinski definition) is 1. The first-order valence-electron chi connectivity index (χ1n) is 10.2. The number of rotatable bonds is 7. The molecule has 0 radical (unpaired) electrons. The summed E-state index contributed by atoms with van der Waals surface area (Å²) in [6, 6.07) is 10.1. The van der Waals surface area contributed by atoms with Gasteiger partial charge in [-0.1, -0.05) is 26.0 Å². The van der Waals surface area contributed by atoms with Gasteiger partial charge in [-0.15, -0.1) is 0 Å². The summed E-state index contributed by atoms with van der Waals surface area (Å²) in [6.45, 7) is 11.5. The van der Waals surface area contributed by atoms with Crippen LogP contribution < -0.4 is 10.5 Å². The number of nitrogen functional groups attached to an aromatic ring is 1. The van der Waals surface area contributed by atoms with Crippen molar-refractivity contribution in [3.8, 4) is 22.9 Å². The molecule has 0 amide bonds. The van der Waals surface area contributed by atoms with Crippen LogP contribution in [0, 0.1) is 18.3 Å². The molecule has 1 aliphatic rings. The fraction of sp³-hybridized carbons (Fsp3) is 0.478. The van der Waals surface area contributed by atoms with Crippen LogP contribution in [0.4, 0.5) is 5.82 Å². The number of anilines is 1. The molecule has 0 saturated carbocycles. The Morgan fingerprint density at radius 2 is 1.93 bits per heavy atom.